The molecule has 0 radical (unpaired) electrons. The van der Waals surface area contributed by atoms with Gasteiger partial charge >= 0.3 is 0 Å². The summed E-state index contributed by atoms with van der Waals surface area (Å²) in [5.41, 5.74) is 5.15. The van der Waals surface area contributed by atoms with Crippen LogP contribution in [-0.4, -0.2) is 28.7 Å². The lowest BCUT2D eigenvalue weighted by atomic mass is 9.86. The van der Waals surface area contributed by atoms with Gasteiger partial charge in [0.25, 0.3) is 0 Å². The van der Waals surface area contributed by atoms with E-state index in [9.17, 15) is 4.39 Å². The van der Waals surface area contributed by atoms with Gasteiger partial charge in [-0.15, -0.1) is 0 Å². The van der Waals surface area contributed by atoms with Crippen molar-refractivity contribution in [1.82, 2.24) is 15.1 Å². The van der Waals surface area contributed by atoms with Crippen LogP contribution in [0.15, 0.2) is 65.2 Å². The summed E-state index contributed by atoms with van der Waals surface area (Å²) >= 11 is 0. The lowest BCUT2D eigenvalue weighted by Crippen LogP contribution is -2.30. The van der Waals surface area contributed by atoms with E-state index in [1.165, 1.54) is 23.3 Å². The highest BCUT2D eigenvalue weighted by molar-refractivity contribution is 5.78. The molecular formula is C22H18FN3O. The second kappa shape index (κ2) is 6.28. The molecule has 2 aromatic carbocycles. The zero-order valence-electron chi connectivity index (χ0n) is 14.9. The van der Waals surface area contributed by atoms with Gasteiger partial charge in [0.15, 0.2) is 0 Å². The zero-order chi connectivity index (χ0) is 18.4. The molecule has 0 N–H and O–H groups in total. The molecule has 5 rings (SSSR count). The lowest BCUT2D eigenvalue weighted by molar-refractivity contribution is 0.282. The van der Waals surface area contributed by atoms with E-state index in [-0.39, 0.29) is 11.7 Å². The SMILES string of the molecule is CN1Cc2cc(-c3cccnn3)ccc2C(c2cc3cc(F)ccc3o2)C1. The Balaban J connectivity index is 1.59. The summed E-state index contributed by atoms with van der Waals surface area (Å²) in [6.45, 7) is 1.73. The number of rotatable bonds is 2. The van der Waals surface area contributed by atoms with Crippen molar-refractivity contribution in [3.8, 4) is 11.3 Å². The molecule has 134 valence electrons. The van der Waals surface area contributed by atoms with Crippen LogP contribution in [0.2, 0.25) is 0 Å². The molecule has 0 amide bonds. The van der Waals surface area contributed by atoms with Crippen LogP contribution in [0, 0.1) is 5.82 Å². The van der Waals surface area contributed by atoms with Gasteiger partial charge in [-0.2, -0.15) is 10.2 Å². The third-order valence-electron chi connectivity index (χ3n) is 5.16. The number of benzene rings is 2. The Morgan fingerprint density at radius 3 is 2.89 bits per heavy atom. The van der Waals surface area contributed by atoms with E-state index in [0.29, 0.717) is 0 Å². The van der Waals surface area contributed by atoms with Crippen molar-refractivity contribution in [3.05, 3.63) is 83.5 Å². The highest BCUT2D eigenvalue weighted by Crippen LogP contribution is 2.37. The largest absolute Gasteiger partial charge is 0.460 e. The van der Waals surface area contributed by atoms with Gasteiger partial charge in [-0.1, -0.05) is 12.1 Å². The number of aromatic nitrogens is 2. The van der Waals surface area contributed by atoms with Crippen molar-refractivity contribution in [3.63, 3.8) is 0 Å². The summed E-state index contributed by atoms with van der Waals surface area (Å²) in [6, 6.07) is 16.9. The Labute approximate surface area is 156 Å². The molecule has 0 saturated carbocycles. The average molecular weight is 359 g/mol. The maximum atomic E-state index is 13.5. The van der Waals surface area contributed by atoms with Crippen molar-refractivity contribution >= 4 is 11.0 Å². The second-order valence-corrected chi connectivity index (χ2v) is 7.10. The minimum atomic E-state index is -0.246. The molecule has 0 saturated heterocycles. The van der Waals surface area contributed by atoms with Gasteiger partial charge in [0.1, 0.15) is 17.2 Å². The van der Waals surface area contributed by atoms with Gasteiger partial charge in [-0.25, -0.2) is 4.39 Å². The minimum absolute atomic E-state index is 0.116. The van der Waals surface area contributed by atoms with Gasteiger partial charge < -0.3 is 9.32 Å². The number of hydrogen-bond acceptors (Lipinski definition) is 4. The van der Waals surface area contributed by atoms with Crippen LogP contribution in [0.4, 0.5) is 4.39 Å². The fraction of sp³-hybridized carbons (Fsp3) is 0.182. The summed E-state index contributed by atoms with van der Waals surface area (Å²) in [5, 5.41) is 8.99. The number of halogens is 1. The summed E-state index contributed by atoms with van der Waals surface area (Å²) < 4.78 is 19.6. The summed E-state index contributed by atoms with van der Waals surface area (Å²) in [5.74, 6) is 0.741. The normalized spacial score (nSPS) is 17.2. The summed E-state index contributed by atoms with van der Waals surface area (Å²) in [4.78, 5) is 2.28. The first kappa shape index (κ1) is 16.1. The topological polar surface area (TPSA) is 42.2 Å². The van der Waals surface area contributed by atoms with Crippen molar-refractivity contribution in [2.45, 2.75) is 12.5 Å². The number of hydrogen-bond donors (Lipinski definition) is 0. The molecule has 2 aromatic heterocycles. The van der Waals surface area contributed by atoms with Crippen LogP contribution >= 0.6 is 0 Å². The van der Waals surface area contributed by atoms with Crippen LogP contribution in [0.3, 0.4) is 0 Å². The van der Waals surface area contributed by atoms with E-state index >= 15 is 0 Å². The number of fused-ring (bicyclic) bond motifs is 2. The lowest BCUT2D eigenvalue weighted by Gasteiger charge is -2.31. The number of furan rings is 1. The maximum Gasteiger partial charge on any atom is 0.134 e. The first-order valence-electron chi connectivity index (χ1n) is 8.96. The molecule has 0 bridgehead atoms. The standard InChI is InChI=1S/C22H18FN3O/c1-26-12-16-9-14(20-3-2-8-24-25-20)4-6-18(16)19(13-26)22-11-15-10-17(23)5-7-21(15)27-22/h2-11,19H,12-13H2,1H3. The minimum Gasteiger partial charge on any atom is -0.460 e. The van der Waals surface area contributed by atoms with Crippen LogP contribution < -0.4 is 0 Å². The highest BCUT2D eigenvalue weighted by atomic mass is 19.1. The molecule has 0 aliphatic carbocycles. The first-order valence-corrected chi connectivity index (χ1v) is 8.96. The molecule has 1 unspecified atom stereocenters. The molecule has 1 atom stereocenters. The molecular weight excluding hydrogens is 341 g/mol. The molecule has 4 aromatic rings. The van der Waals surface area contributed by atoms with E-state index in [1.54, 1.807) is 12.3 Å². The van der Waals surface area contributed by atoms with Crippen LogP contribution in [0.5, 0.6) is 0 Å². The molecule has 1 aliphatic rings. The molecule has 27 heavy (non-hydrogen) atoms. The maximum absolute atomic E-state index is 13.5. The van der Waals surface area contributed by atoms with Gasteiger partial charge in [0.05, 0.1) is 11.6 Å². The van der Waals surface area contributed by atoms with E-state index in [1.807, 2.05) is 18.2 Å². The van der Waals surface area contributed by atoms with Crippen LogP contribution in [0.1, 0.15) is 22.8 Å². The van der Waals surface area contributed by atoms with Crippen molar-refractivity contribution in [1.29, 1.82) is 0 Å². The fourth-order valence-electron chi connectivity index (χ4n) is 3.91. The third kappa shape index (κ3) is 2.90. The van der Waals surface area contributed by atoms with Gasteiger partial charge in [0.2, 0.25) is 0 Å². The van der Waals surface area contributed by atoms with E-state index in [0.717, 1.165) is 41.1 Å². The summed E-state index contributed by atoms with van der Waals surface area (Å²) in [6.07, 6.45) is 1.68. The Morgan fingerprint density at radius 2 is 2.04 bits per heavy atom. The predicted molar refractivity (Wildman–Crippen MR) is 102 cm³/mol. The zero-order valence-corrected chi connectivity index (χ0v) is 14.9. The van der Waals surface area contributed by atoms with Crippen LogP contribution in [-0.2, 0) is 6.54 Å². The quantitative estimate of drug-likeness (QED) is 0.524. The third-order valence-corrected chi connectivity index (χ3v) is 5.16. The highest BCUT2D eigenvalue weighted by Gasteiger charge is 2.28. The molecule has 5 heteroatoms. The van der Waals surface area contributed by atoms with Crippen molar-refractivity contribution in [2.75, 3.05) is 13.6 Å². The van der Waals surface area contributed by atoms with Crippen molar-refractivity contribution < 1.29 is 8.81 Å². The average Bonchev–Trinajstić information content (AvgIpc) is 3.10. The first-order chi connectivity index (χ1) is 13.2. The van der Waals surface area contributed by atoms with Crippen LogP contribution in [0.25, 0.3) is 22.2 Å². The van der Waals surface area contributed by atoms with Gasteiger partial charge in [0, 0.05) is 30.2 Å². The molecule has 3 heterocycles. The van der Waals surface area contributed by atoms with Gasteiger partial charge in [-0.05, 0) is 60.6 Å². The monoisotopic (exact) mass is 359 g/mol. The Bertz CT molecular complexity index is 1120. The second-order valence-electron chi connectivity index (χ2n) is 7.10. The Morgan fingerprint density at radius 1 is 1.11 bits per heavy atom. The van der Waals surface area contributed by atoms with Gasteiger partial charge in [-0.3, -0.25) is 0 Å². The molecule has 0 spiro atoms. The smallest absolute Gasteiger partial charge is 0.134 e. The molecule has 1 aliphatic heterocycles. The number of nitrogens with zero attached hydrogens (tertiary/aromatic N) is 3. The Hall–Kier alpha value is -3.05. The van der Waals surface area contributed by atoms with Crippen molar-refractivity contribution in [2.24, 2.45) is 0 Å². The Kier molecular flexibility index (Phi) is 3.76. The summed E-state index contributed by atoms with van der Waals surface area (Å²) in [7, 11) is 2.10. The molecule has 4 nitrogen and oxygen atoms in total. The van der Waals surface area contributed by atoms with E-state index in [2.05, 4.69) is 40.3 Å². The van der Waals surface area contributed by atoms with E-state index in [4.69, 9.17) is 4.42 Å². The number of likely N-dealkylation sites (N-methyl/N-ethyl adjacent to an activating group) is 1. The van der Waals surface area contributed by atoms with E-state index < -0.39 is 0 Å². The predicted octanol–water partition coefficient (Wildman–Crippen LogP) is 4.61. The fourth-order valence-corrected chi connectivity index (χ4v) is 3.91. The molecule has 0 fully saturated rings.